The Morgan fingerprint density at radius 1 is 1.33 bits per heavy atom. The van der Waals surface area contributed by atoms with Gasteiger partial charge in [-0.25, -0.2) is 0 Å². The summed E-state index contributed by atoms with van der Waals surface area (Å²) in [6.07, 6.45) is 0. The van der Waals surface area contributed by atoms with Gasteiger partial charge in [-0.3, -0.25) is 4.90 Å². The zero-order valence-electron chi connectivity index (χ0n) is 12.5. The highest BCUT2D eigenvalue weighted by atomic mass is 19.3. The molecule has 2 atom stereocenters. The molecule has 1 aliphatic heterocycles. The molecule has 1 aliphatic rings. The molecule has 0 spiro atoms. The monoisotopic (exact) mass is 299 g/mol. The molecule has 118 valence electrons. The number of halogens is 2. The lowest BCUT2D eigenvalue weighted by Crippen LogP contribution is -2.52. The normalized spacial score (nSPS) is 22.5. The van der Waals surface area contributed by atoms with Gasteiger partial charge in [-0.2, -0.15) is 8.78 Å². The van der Waals surface area contributed by atoms with Crippen LogP contribution in [0.25, 0.3) is 0 Å². The Balaban J connectivity index is 2.21. The van der Waals surface area contributed by atoms with Gasteiger partial charge < -0.3 is 15.4 Å². The van der Waals surface area contributed by atoms with Crippen molar-refractivity contribution in [1.82, 2.24) is 9.80 Å². The lowest BCUT2D eigenvalue weighted by molar-refractivity contribution is -0.0514. The summed E-state index contributed by atoms with van der Waals surface area (Å²) >= 11 is 0. The average Bonchev–Trinajstić information content (AvgIpc) is 2.44. The quantitative estimate of drug-likeness (QED) is 0.902. The largest absolute Gasteiger partial charge is 0.434 e. The second-order valence-electron chi connectivity index (χ2n) is 5.49. The topological polar surface area (TPSA) is 41.7 Å². The van der Waals surface area contributed by atoms with Crippen molar-refractivity contribution in [2.24, 2.45) is 5.73 Å². The summed E-state index contributed by atoms with van der Waals surface area (Å²) in [6.45, 7) is 2.38. The van der Waals surface area contributed by atoms with Crippen molar-refractivity contribution < 1.29 is 13.5 Å². The van der Waals surface area contributed by atoms with Crippen LogP contribution in [-0.2, 0) is 0 Å². The van der Waals surface area contributed by atoms with E-state index in [4.69, 9.17) is 5.73 Å². The van der Waals surface area contributed by atoms with E-state index in [0.717, 1.165) is 25.2 Å². The van der Waals surface area contributed by atoms with Crippen LogP contribution in [0.5, 0.6) is 5.75 Å². The molecule has 0 radical (unpaired) electrons. The molecule has 0 amide bonds. The molecule has 1 saturated heterocycles. The lowest BCUT2D eigenvalue weighted by Gasteiger charge is -2.41. The van der Waals surface area contributed by atoms with E-state index in [2.05, 4.69) is 28.5 Å². The molecule has 2 unspecified atom stereocenters. The van der Waals surface area contributed by atoms with Crippen molar-refractivity contribution in [3.8, 4) is 5.75 Å². The van der Waals surface area contributed by atoms with Crippen LogP contribution in [0, 0.1) is 0 Å². The summed E-state index contributed by atoms with van der Waals surface area (Å²) in [6, 6.07) is 7.23. The van der Waals surface area contributed by atoms with Crippen LogP contribution in [0.3, 0.4) is 0 Å². The molecule has 2 N–H and O–H groups in total. The summed E-state index contributed by atoms with van der Waals surface area (Å²) in [7, 11) is 2.09. The minimum atomic E-state index is -2.82. The number of hydrogen-bond donors (Lipinski definition) is 1. The first-order valence-electron chi connectivity index (χ1n) is 7.21. The van der Waals surface area contributed by atoms with E-state index in [1.807, 2.05) is 12.1 Å². The highest BCUT2D eigenvalue weighted by Crippen LogP contribution is 2.31. The van der Waals surface area contributed by atoms with E-state index in [1.54, 1.807) is 12.1 Å². The number of piperazine rings is 1. The van der Waals surface area contributed by atoms with Gasteiger partial charge in [-0.05, 0) is 20.0 Å². The van der Waals surface area contributed by atoms with Crippen molar-refractivity contribution in [2.75, 3.05) is 33.2 Å². The average molecular weight is 299 g/mol. The van der Waals surface area contributed by atoms with Crippen LogP contribution in [0.1, 0.15) is 18.5 Å². The van der Waals surface area contributed by atoms with Gasteiger partial charge in [0.05, 0.1) is 6.04 Å². The third kappa shape index (κ3) is 3.90. The van der Waals surface area contributed by atoms with Gasteiger partial charge in [0.25, 0.3) is 0 Å². The number of alkyl halides is 2. The highest BCUT2D eigenvalue weighted by molar-refractivity contribution is 5.36. The van der Waals surface area contributed by atoms with Crippen LogP contribution in [0.2, 0.25) is 0 Å². The van der Waals surface area contributed by atoms with Gasteiger partial charge >= 0.3 is 6.61 Å². The molecule has 6 heteroatoms. The summed E-state index contributed by atoms with van der Waals surface area (Å²) in [4.78, 5) is 4.53. The Bertz CT molecular complexity index is 458. The molecular weight excluding hydrogens is 276 g/mol. The molecule has 21 heavy (non-hydrogen) atoms. The standard InChI is InChI=1S/C15H23F2N3O/c1-11-10-20(8-7-19(11)2)13(9-18)12-5-3-4-6-14(12)21-15(16)17/h3-6,11,13,15H,7-10,18H2,1-2H3. The molecular formula is C15H23F2N3O. The zero-order chi connectivity index (χ0) is 15.4. The molecule has 0 aromatic heterocycles. The fraction of sp³-hybridized carbons (Fsp3) is 0.600. The summed E-state index contributed by atoms with van der Waals surface area (Å²) < 4.78 is 29.7. The van der Waals surface area contributed by atoms with Crippen LogP contribution in [0.4, 0.5) is 8.78 Å². The van der Waals surface area contributed by atoms with E-state index in [0.29, 0.717) is 12.6 Å². The van der Waals surface area contributed by atoms with Gasteiger partial charge in [0.15, 0.2) is 0 Å². The van der Waals surface area contributed by atoms with Crippen molar-refractivity contribution >= 4 is 0 Å². The molecule has 0 saturated carbocycles. The molecule has 1 heterocycles. The Kier molecular flexibility index (Phi) is 5.50. The number of hydrogen-bond acceptors (Lipinski definition) is 4. The van der Waals surface area contributed by atoms with Crippen molar-refractivity contribution in [2.45, 2.75) is 25.6 Å². The predicted octanol–water partition coefficient (Wildman–Crippen LogP) is 1.92. The first kappa shape index (κ1) is 16.1. The number of benzene rings is 1. The SMILES string of the molecule is CC1CN(C(CN)c2ccccc2OC(F)F)CCN1C. The van der Waals surface area contributed by atoms with Gasteiger partial charge in [0.1, 0.15) is 5.75 Å². The van der Waals surface area contributed by atoms with E-state index in [1.165, 1.54) is 0 Å². The smallest absolute Gasteiger partial charge is 0.387 e. The second-order valence-corrected chi connectivity index (χ2v) is 5.49. The van der Waals surface area contributed by atoms with Gasteiger partial charge in [-0.1, -0.05) is 18.2 Å². The summed E-state index contributed by atoms with van der Waals surface area (Å²) in [5.41, 5.74) is 6.65. The van der Waals surface area contributed by atoms with E-state index < -0.39 is 6.61 Å². The predicted molar refractivity (Wildman–Crippen MR) is 78.5 cm³/mol. The molecule has 1 fully saturated rings. The maximum Gasteiger partial charge on any atom is 0.387 e. The number of rotatable bonds is 5. The first-order valence-corrected chi connectivity index (χ1v) is 7.21. The van der Waals surface area contributed by atoms with Gasteiger partial charge in [0.2, 0.25) is 0 Å². The number of likely N-dealkylation sites (N-methyl/N-ethyl adjacent to an activating group) is 1. The van der Waals surface area contributed by atoms with Crippen molar-refractivity contribution in [1.29, 1.82) is 0 Å². The number of para-hydroxylation sites is 1. The maximum absolute atomic E-state index is 12.5. The van der Waals surface area contributed by atoms with E-state index in [9.17, 15) is 8.78 Å². The third-order valence-corrected chi connectivity index (χ3v) is 4.15. The third-order valence-electron chi connectivity index (χ3n) is 4.15. The second kappa shape index (κ2) is 7.15. The Hall–Kier alpha value is -1.24. The van der Waals surface area contributed by atoms with Crippen molar-refractivity contribution in [3.63, 3.8) is 0 Å². The van der Waals surface area contributed by atoms with E-state index in [-0.39, 0.29) is 11.8 Å². The molecule has 0 bridgehead atoms. The molecule has 4 nitrogen and oxygen atoms in total. The number of ether oxygens (including phenoxy) is 1. The minimum absolute atomic E-state index is 0.101. The fourth-order valence-corrected chi connectivity index (χ4v) is 2.79. The van der Waals surface area contributed by atoms with Gasteiger partial charge in [0, 0.05) is 37.8 Å². The van der Waals surface area contributed by atoms with E-state index >= 15 is 0 Å². The maximum atomic E-state index is 12.5. The first-order chi connectivity index (χ1) is 10.0. The Morgan fingerprint density at radius 2 is 2.05 bits per heavy atom. The van der Waals surface area contributed by atoms with Crippen LogP contribution >= 0.6 is 0 Å². The number of nitrogens with two attached hydrogens (primary N) is 1. The van der Waals surface area contributed by atoms with Crippen LogP contribution in [-0.4, -0.2) is 55.7 Å². The summed E-state index contributed by atoms with van der Waals surface area (Å²) in [5, 5.41) is 0. The Morgan fingerprint density at radius 3 is 2.67 bits per heavy atom. The van der Waals surface area contributed by atoms with Crippen LogP contribution in [0.15, 0.2) is 24.3 Å². The zero-order valence-corrected chi connectivity index (χ0v) is 12.5. The molecule has 2 rings (SSSR count). The van der Waals surface area contributed by atoms with Crippen LogP contribution < -0.4 is 10.5 Å². The Labute approximate surface area is 124 Å². The fourth-order valence-electron chi connectivity index (χ4n) is 2.79. The van der Waals surface area contributed by atoms with Crippen molar-refractivity contribution in [3.05, 3.63) is 29.8 Å². The number of nitrogens with zero attached hydrogens (tertiary/aromatic N) is 2. The van der Waals surface area contributed by atoms with Gasteiger partial charge in [-0.15, -0.1) is 0 Å². The minimum Gasteiger partial charge on any atom is -0.434 e. The lowest BCUT2D eigenvalue weighted by atomic mass is 10.0. The summed E-state index contributed by atoms with van der Waals surface area (Å²) in [5.74, 6) is 0.217. The molecule has 0 aliphatic carbocycles. The highest BCUT2D eigenvalue weighted by Gasteiger charge is 2.28. The molecule has 1 aromatic rings. The molecule has 1 aromatic carbocycles.